The van der Waals surface area contributed by atoms with Crippen LogP contribution in [0.2, 0.25) is 0 Å². The molecule has 16 rings (SSSR count). The second-order valence-corrected chi connectivity index (χ2v) is 21.1. The summed E-state index contributed by atoms with van der Waals surface area (Å²) in [7, 11) is 0. The summed E-state index contributed by atoms with van der Waals surface area (Å²) in [6.45, 7) is 0. The number of nitrogens with zero attached hydrogens (tertiary/aromatic N) is 8. The molecule has 76 heavy (non-hydrogen) atoms. The number of rotatable bonds is 8. The van der Waals surface area contributed by atoms with Crippen LogP contribution in [0, 0.1) is 24.3 Å². The minimum Gasteiger partial charge on any atom is -0.509 e. The maximum absolute atomic E-state index is 6.30. The number of para-hydroxylation sites is 2. The van der Waals surface area contributed by atoms with Crippen molar-refractivity contribution in [2.75, 3.05) is 0 Å². The molecule has 16 aromatic rings. The molecule has 0 bridgehead atoms. The number of fused-ring (bicyclic) bond motifs is 12. The normalized spacial score (nSPS) is 11.5. The van der Waals surface area contributed by atoms with Crippen molar-refractivity contribution in [3.05, 3.63) is 217 Å². The van der Waals surface area contributed by atoms with Crippen LogP contribution in [0.1, 0.15) is 0 Å². The van der Waals surface area contributed by atoms with E-state index in [4.69, 9.17) is 9.47 Å². The van der Waals surface area contributed by atoms with Crippen molar-refractivity contribution in [1.29, 1.82) is 0 Å². The SMILES string of the molecule is [Pt+2].[Pt+2].[c-]1c(Oc2[c-]c3c(cc2)c2ccccc2n3-c2ccccn2)cccc1-n1ncc2sc3ccsc3c21.[c-]1c(Oc2[c-]c3c(cc2)c2ccccc2n3-c2ccccn2)cccc1-n1ncc2sc3cscc3c21. The Morgan fingerprint density at radius 1 is 0.421 bits per heavy atom. The van der Waals surface area contributed by atoms with Crippen LogP contribution in [0.5, 0.6) is 23.0 Å². The zero-order valence-corrected chi connectivity index (χ0v) is 46.9. The molecule has 0 N–H and O–H groups in total. The van der Waals surface area contributed by atoms with E-state index in [1.807, 2.05) is 119 Å². The molecule has 10 nitrogen and oxygen atoms in total. The summed E-state index contributed by atoms with van der Waals surface area (Å²) in [5, 5.41) is 21.5. The third-order valence-electron chi connectivity index (χ3n) is 12.9. The van der Waals surface area contributed by atoms with Gasteiger partial charge < -0.3 is 18.6 Å². The largest absolute Gasteiger partial charge is 2.00 e. The van der Waals surface area contributed by atoms with E-state index < -0.39 is 0 Å². The van der Waals surface area contributed by atoms with E-state index in [2.05, 4.69) is 124 Å². The Labute approximate surface area is 477 Å². The summed E-state index contributed by atoms with van der Waals surface area (Å²) in [4.78, 5) is 9.20. The fraction of sp³-hybridized carbons (Fsp3) is 0. The van der Waals surface area contributed by atoms with Gasteiger partial charge in [0.15, 0.2) is 0 Å². The Morgan fingerprint density at radius 2 is 0.947 bits per heavy atom. The van der Waals surface area contributed by atoms with Crippen LogP contribution in [-0.2, 0) is 42.1 Å². The van der Waals surface area contributed by atoms with Crippen LogP contribution in [0.15, 0.2) is 193 Å². The van der Waals surface area contributed by atoms with Gasteiger partial charge in [0.2, 0.25) is 0 Å². The molecule has 10 aromatic heterocycles. The molecule has 0 aliphatic rings. The summed E-state index contributed by atoms with van der Waals surface area (Å²) in [6, 6.07) is 64.3. The van der Waals surface area contributed by atoms with Gasteiger partial charge in [-0.05, 0) is 70.0 Å². The van der Waals surface area contributed by atoms with E-state index in [9.17, 15) is 0 Å². The van der Waals surface area contributed by atoms with Crippen molar-refractivity contribution < 1.29 is 51.6 Å². The standard InChI is InChI=1S/2C30H16N4OS2.2Pt/c1-2-9-24-22(8-1)23-12-11-21(17-25(23)33(24)28-10-3-4-14-31-28)35-20-7-5-6-19(16-20)34-29-27(18-32-34)37-26-13-15-36-30(26)29;1-2-9-25-22(8-1)23-12-11-21(15-26(23)33(25)29-10-3-4-13-31-29)35-20-7-5-6-19(14-20)34-30-24-17-36-18-28(24)37-27(30)16-32-34;;/h1-15,18H;1-13,16-18H;;/q2*-2;2*+2. The molecule has 6 aromatic carbocycles. The molecule has 0 saturated heterocycles. The first kappa shape index (κ1) is 48.1. The van der Waals surface area contributed by atoms with Crippen LogP contribution in [-0.4, -0.2) is 38.7 Å². The molecule has 0 saturated carbocycles. The summed E-state index contributed by atoms with van der Waals surface area (Å²) >= 11 is 6.97. The Kier molecular flexibility index (Phi) is 12.6. The summed E-state index contributed by atoms with van der Waals surface area (Å²) in [5.41, 5.74) is 7.90. The van der Waals surface area contributed by atoms with E-state index in [1.54, 1.807) is 57.7 Å². The molecular formula is C60H32N8O2Pt2S4. The first-order chi connectivity index (χ1) is 36.7. The van der Waals surface area contributed by atoms with E-state index in [1.165, 1.54) is 28.9 Å². The third-order valence-corrected chi connectivity index (χ3v) is 17.0. The molecule has 0 aliphatic heterocycles. The van der Waals surface area contributed by atoms with Gasteiger partial charge in [0.05, 0.1) is 32.0 Å². The van der Waals surface area contributed by atoms with Crippen LogP contribution in [0.3, 0.4) is 0 Å². The molecule has 0 spiro atoms. The second-order valence-electron chi connectivity index (χ2n) is 17.3. The predicted molar refractivity (Wildman–Crippen MR) is 301 cm³/mol. The maximum Gasteiger partial charge on any atom is 2.00 e. The number of thiophene rings is 4. The first-order valence-electron chi connectivity index (χ1n) is 23.5. The van der Waals surface area contributed by atoms with Crippen molar-refractivity contribution >= 4 is 129 Å². The van der Waals surface area contributed by atoms with E-state index in [0.29, 0.717) is 23.0 Å². The molecule has 0 fully saturated rings. The quantitative estimate of drug-likeness (QED) is 0.141. The van der Waals surface area contributed by atoms with Crippen molar-refractivity contribution in [1.82, 2.24) is 38.7 Å². The zero-order chi connectivity index (χ0) is 48.7. The molecule has 0 aliphatic carbocycles. The first-order valence-corrected chi connectivity index (χ1v) is 26.9. The number of hydrogen-bond donors (Lipinski definition) is 0. The Hall–Kier alpha value is -7.54. The van der Waals surface area contributed by atoms with Crippen LogP contribution in [0.4, 0.5) is 0 Å². The summed E-state index contributed by atoms with van der Waals surface area (Å²) < 4.78 is 26.9. The molecular weight excluding hydrogens is 1380 g/mol. The monoisotopic (exact) mass is 1410 g/mol. The third kappa shape index (κ3) is 8.19. The smallest absolute Gasteiger partial charge is 0.509 e. The number of ether oxygens (including phenoxy) is 2. The minimum absolute atomic E-state index is 0. The van der Waals surface area contributed by atoms with Crippen LogP contribution < -0.4 is 9.47 Å². The van der Waals surface area contributed by atoms with Gasteiger partial charge in [-0.2, -0.15) is 45.8 Å². The van der Waals surface area contributed by atoms with Crippen LogP contribution >= 0.6 is 45.3 Å². The van der Waals surface area contributed by atoms with Crippen LogP contribution in [0.25, 0.3) is 107 Å². The molecule has 0 amide bonds. The van der Waals surface area contributed by atoms with Gasteiger partial charge in [0.25, 0.3) is 0 Å². The average Bonchev–Trinajstić information content (AvgIpc) is 4.37. The Bertz CT molecular complexity index is 4480. The summed E-state index contributed by atoms with van der Waals surface area (Å²) in [6.07, 6.45) is 7.46. The topological polar surface area (TPSA) is 89.7 Å². The summed E-state index contributed by atoms with van der Waals surface area (Å²) in [5.74, 6) is 4.12. The van der Waals surface area contributed by atoms with Gasteiger partial charge >= 0.3 is 42.1 Å². The molecule has 0 unspecified atom stereocenters. The second kappa shape index (κ2) is 19.9. The predicted octanol–water partition coefficient (Wildman–Crippen LogP) is 16.4. The van der Waals surface area contributed by atoms with Crippen molar-refractivity contribution in [2.45, 2.75) is 0 Å². The van der Waals surface area contributed by atoms with E-state index in [-0.39, 0.29) is 42.1 Å². The number of pyridine rings is 2. The Balaban J connectivity index is 0.000000142. The minimum atomic E-state index is 0. The van der Waals surface area contributed by atoms with Crippen molar-refractivity contribution in [2.24, 2.45) is 0 Å². The average molecular weight is 1420 g/mol. The van der Waals surface area contributed by atoms with Crippen molar-refractivity contribution in [3.8, 4) is 46.0 Å². The van der Waals surface area contributed by atoms with Gasteiger partial charge in [-0.3, -0.25) is 9.36 Å². The number of aromatic nitrogens is 8. The van der Waals surface area contributed by atoms with Gasteiger partial charge in [0, 0.05) is 72.0 Å². The van der Waals surface area contributed by atoms with Gasteiger partial charge in [-0.15, -0.1) is 105 Å². The Morgan fingerprint density at radius 3 is 1.53 bits per heavy atom. The van der Waals surface area contributed by atoms with E-state index >= 15 is 0 Å². The molecule has 10 heterocycles. The fourth-order valence-electron chi connectivity index (χ4n) is 9.75. The number of benzene rings is 6. The zero-order valence-electron chi connectivity index (χ0n) is 39.1. The molecule has 0 radical (unpaired) electrons. The molecule has 16 heteroatoms. The van der Waals surface area contributed by atoms with Crippen molar-refractivity contribution in [3.63, 3.8) is 0 Å². The molecule has 368 valence electrons. The van der Waals surface area contributed by atoms with E-state index in [0.717, 1.165) is 77.7 Å². The number of hydrogen-bond acceptors (Lipinski definition) is 10. The van der Waals surface area contributed by atoms with Gasteiger partial charge in [0.1, 0.15) is 17.2 Å². The maximum atomic E-state index is 6.30. The van der Waals surface area contributed by atoms with Gasteiger partial charge in [-0.1, -0.05) is 59.6 Å². The fourth-order valence-corrected chi connectivity index (χ4v) is 14.0. The van der Waals surface area contributed by atoms with Gasteiger partial charge in [-0.25, -0.2) is 9.97 Å². The molecule has 0 atom stereocenters.